The molecular formula is C19H20N4O. The third-order valence-electron chi connectivity index (χ3n) is 3.72. The van der Waals surface area contributed by atoms with Crippen LogP contribution in [0.3, 0.4) is 0 Å². The number of para-hydroxylation sites is 1. The first-order valence-electron chi connectivity index (χ1n) is 7.75. The summed E-state index contributed by atoms with van der Waals surface area (Å²) in [6.45, 7) is 1.90. The van der Waals surface area contributed by atoms with Crippen molar-refractivity contribution in [2.45, 2.75) is 6.92 Å². The number of aromatic nitrogens is 2. The average molecular weight is 320 g/mol. The van der Waals surface area contributed by atoms with Crippen LogP contribution in [0, 0.1) is 6.92 Å². The lowest BCUT2D eigenvalue weighted by atomic mass is 10.2. The molecule has 0 aliphatic carbocycles. The van der Waals surface area contributed by atoms with Crippen molar-refractivity contribution in [2.75, 3.05) is 24.3 Å². The monoisotopic (exact) mass is 320 g/mol. The van der Waals surface area contributed by atoms with Crippen molar-refractivity contribution in [1.29, 1.82) is 0 Å². The second-order valence-electron chi connectivity index (χ2n) is 5.81. The Morgan fingerprint density at radius 2 is 1.71 bits per heavy atom. The number of amides is 1. The third kappa shape index (κ3) is 3.30. The minimum atomic E-state index is -0.155. The van der Waals surface area contributed by atoms with E-state index in [0.717, 1.165) is 17.1 Å². The maximum atomic E-state index is 12.5. The molecule has 0 unspecified atom stereocenters. The minimum absolute atomic E-state index is 0.155. The smallest absolute Gasteiger partial charge is 0.256 e. The fourth-order valence-electron chi connectivity index (χ4n) is 2.45. The van der Waals surface area contributed by atoms with Crippen LogP contribution in [-0.2, 0) is 0 Å². The van der Waals surface area contributed by atoms with E-state index in [1.807, 2.05) is 86.6 Å². The second kappa shape index (κ2) is 6.58. The molecule has 0 atom stereocenters. The van der Waals surface area contributed by atoms with E-state index < -0.39 is 0 Å². The largest absolute Gasteiger partial charge is 0.378 e. The molecule has 0 fully saturated rings. The molecule has 5 nitrogen and oxygen atoms in total. The fourth-order valence-corrected chi connectivity index (χ4v) is 2.45. The van der Waals surface area contributed by atoms with Gasteiger partial charge in [0.15, 0.2) is 0 Å². The van der Waals surface area contributed by atoms with Gasteiger partial charge in [-0.15, -0.1) is 0 Å². The summed E-state index contributed by atoms with van der Waals surface area (Å²) in [6, 6.07) is 19.1. The van der Waals surface area contributed by atoms with E-state index in [0.29, 0.717) is 11.4 Å². The van der Waals surface area contributed by atoms with Gasteiger partial charge in [-0.25, -0.2) is 4.68 Å². The van der Waals surface area contributed by atoms with Crippen LogP contribution >= 0.6 is 0 Å². The molecule has 0 saturated heterocycles. The predicted octanol–water partition coefficient (Wildman–Crippen LogP) is 3.50. The van der Waals surface area contributed by atoms with Crippen LogP contribution in [0.4, 0.5) is 11.5 Å². The molecule has 1 aromatic heterocycles. The number of benzene rings is 2. The molecule has 0 radical (unpaired) electrons. The van der Waals surface area contributed by atoms with Gasteiger partial charge in [0.1, 0.15) is 5.82 Å². The summed E-state index contributed by atoms with van der Waals surface area (Å²) in [7, 11) is 3.94. The standard InChI is InChI=1S/C19H20N4O/c1-14-13-18(23(21-14)17-7-5-4-6-8-17)20-19(24)15-9-11-16(12-10-15)22(2)3/h4-13H,1-3H3,(H,20,24). The summed E-state index contributed by atoms with van der Waals surface area (Å²) in [5, 5.41) is 7.40. The normalized spacial score (nSPS) is 10.5. The van der Waals surface area contributed by atoms with E-state index in [9.17, 15) is 4.79 Å². The van der Waals surface area contributed by atoms with Gasteiger partial charge in [-0.2, -0.15) is 5.10 Å². The first kappa shape index (κ1) is 15.8. The molecule has 0 saturated carbocycles. The fraction of sp³-hybridized carbons (Fsp3) is 0.158. The molecule has 1 heterocycles. The van der Waals surface area contributed by atoms with Crippen molar-refractivity contribution in [2.24, 2.45) is 0 Å². The number of rotatable bonds is 4. The van der Waals surface area contributed by atoms with Crippen LogP contribution in [0.15, 0.2) is 60.7 Å². The first-order chi connectivity index (χ1) is 11.5. The number of hydrogen-bond donors (Lipinski definition) is 1. The molecule has 1 N–H and O–H groups in total. The van der Waals surface area contributed by atoms with Gasteiger partial charge in [0.05, 0.1) is 11.4 Å². The summed E-state index contributed by atoms with van der Waals surface area (Å²) in [4.78, 5) is 14.5. The van der Waals surface area contributed by atoms with E-state index in [-0.39, 0.29) is 5.91 Å². The Labute approximate surface area is 141 Å². The number of carbonyl (C=O) groups is 1. The molecular weight excluding hydrogens is 300 g/mol. The van der Waals surface area contributed by atoms with Crippen LogP contribution < -0.4 is 10.2 Å². The molecule has 1 amide bonds. The van der Waals surface area contributed by atoms with Gasteiger partial charge in [0.2, 0.25) is 0 Å². The van der Waals surface area contributed by atoms with E-state index in [4.69, 9.17) is 0 Å². The number of hydrogen-bond acceptors (Lipinski definition) is 3. The Bertz CT molecular complexity index is 836. The zero-order valence-electron chi connectivity index (χ0n) is 14.0. The molecule has 122 valence electrons. The van der Waals surface area contributed by atoms with E-state index >= 15 is 0 Å². The van der Waals surface area contributed by atoms with Crippen molar-refractivity contribution in [3.63, 3.8) is 0 Å². The zero-order chi connectivity index (χ0) is 17.1. The van der Waals surface area contributed by atoms with E-state index in [2.05, 4.69) is 10.4 Å². The lowest BCUT2D eigenvalue weighted by molar-refractivity contribution is 0.102. The zero-order valence-corrected chi connectivity index (χ0v) is 14.0. The molecule has 3 aromatic rings. The molecule has 24 heavy (non-hydrogen) atoms. The topological polar surface area (TPSA) is 50.2 Å². The van der Waals surface area contributed by atoms with Gasteiger partial charge in [0, 0.05) is 31.4 Å². The van der Waals surface area contributed by atoms with Crippen molar-refractivity contribution < 1.29 is 4.79 Å². The van der Waals surface area contributed by atoms with Crippen LogP contribution in [-0.4, -0.2) is 29.8 Å². The molecule has 5 heteroatoms. The second-order valence-corrected chi connectivity index (χ2v) is 5.81. The molecule has 0 spiro atoms. The van der Waals surface area contributed by atoms with Gasteiger partial charge < -0.3 is 10.2 Å². The predicted molar refractivity (Wildman–Crippen MR) is 97.0 cm³/mol. The Balaban J connectivity index is 1.85. The third-order valence-corrected chi connectivity index (χ3v) is 3.72. The van der Waals surface area contributed by atoms with Gasteiger partial charge in [0.25, 0.3) is 5.91 Å². The van der Waals surface area contributed by atoms with Crippen molar-refractivity contribution in [3.8, 4) is 5.69 Å². The van der Waals surface area contributed by atoms with Crippen LogP contribution in [0.1, 0.15) is 16.1 Å². The Morgan fingerprint density at radius 1 is 1.04 bits per heavy atom. The highest BCUT2D eigenvalue weighted by atomic mass is 16.1. The Kier molecular flexibility index (Phi) is 4.33. The van der Waals surface area contributed by atoms with Crippen molar-refractivity contribution in [1.82, 2.24) is 9.78 Å². The number of nitrogens with zero attached hydrogens (tertiary/aromatic N) is 3. The molecule has 3 rings (SSSR count). The lowest BCUT2D eigenvalue weighted by Gasteiger charge is -2.13. The summed E-state index contributed by atoms with van der Waals surface area (Å²) in [5.41, 5.74) is 3.41. The highest BCUT2D eigenvalue weighted by molar-refractivity contribution is 6.04. The summed E-state index contributed by atoms with van der Waals surface area (Å²) in [6.07, 6.45) is 0. The SMILES string of the molecule is Cc1cc(NC(=O)c2ccc(N(C)C)cc2)n(-c2ccccc2)n1. The van der Waals surface area contributed by atoms with Crippen molar-refractivity contribution in [3.05, 3.63) is 71.9 Å². The van der Waals surface area contributed by atoms with Crippen LogP contribution in [0.2, 0.25) is 0 Å². The Hall–Kier alpha value is -3.08. The maximum Gasteiger partial charge on any atom is 0.256 e. The number of carbonyl (C=O) groups excluding carboxylic acids is 1. The number of anilines is 2. The summed E-state index contributed by atoms with van der Waals surface area (Å²) < 4.78 is 1.74. The number of aryl methyl sites for hydroxylation is 1. The highest BCUT2D eigenvalue weighted by Gasteiger charge is 2.12. The molecule has 0 aliphatic rings. The average Bonchev–Trinajstić information content (AvgIpc) is 2.96. The Morgan fingerprint density at radius 3 is 2.33 bits per heavy atom. The number of nitrogens with one attached hydrogen (secondary N) is 1. The lowest BCUT2D eigenvalue weighted by Crippen LogP contribution is -2.15. The van der Waals surface area contributed by atoms with E-state index in [1.165, 1.54) is 0 Å². The highest BCUT2D eigenvalue weighted by Crippen LogP contribution is 2.18. The van der Waals surface area contributed by atoms with Gasteiger partial charge in [-0.1, -0.05) is 18.2 Å². The molecule has 0 aliphatic heterocycles. The molecule has 2 aromatic carbocycles. The molecule has 0 bridgehead atoms. The van der Waals surface area contributed by atoms with E-state index in [1.54, 1.807) is 4.68 Å². The van der Waals surface area contributed by atoms with Crippen molar-refractivity contribution >= 4 is 17.4 Å². The van der Waals surface area contributed by atoms with Gasteiger partial charge in [-0.3, -0.25) is 4.79 Å². The first-order valence-corrected chi connectivity index (χ1v) is 7.75. The van der Waals surface area contributed by atoms with Crippen LogP contribution in [0.5, 0.6) is 0 Å². The van der Waals surface area contributed by atoms with Crippen LogP contribution in [0.25, 0.3) is 5.69 Å². The minimum Gasteiger partial charge on any atom is -0.378 e. The maximum absolute atomic E-state index is 12.5. The van der Waals surface area contributed by atoms with Gasteiger partial charge in [-0.05, 0) is 43.3 Å². The van der Waals surface area contributed by atoms with Gasteiger partial charge >= 0.3 is 0 Å². The summed E-state index contributed by atoms with van der Waals surface area (Å²) in [5.74, 6) is 0.498. The quantitative estimate of drug-likeness (QED) is 0.800. The summed E-state index contributed by atoms with van der Waals surface area (Å²) >= 11 is 0.